The predicted octanol–water partition coefficient (Wildman–Crippen LogP) is 3.21. The van der Waals surface area contributed by atoms with E-state index in [4.69, 9.17) is 11.6 Å². The molecule has 0 aliphatic carbocycles. The lowest BCUT2D eigenvalue weighted by molar-refractivity contribution is -0.139. The van der Waals surface area contributed by atoms with Crippen LogP contribution in [-0.2, 0) is 24.8 Å². The summed E-state index contributed by atoms with van der Waals surface area (Å²) in [6.45, 7) is -0.0859. The Labute approximate surface area is 219 Å². The fourth-order valence-corrected chi connectivity index (χ4v) is 5.58. The minimum Gasteiger partial charge on any atom is -0.480 e. The predicted molar refractivity (Wildman–Crippen MR) is 138 cm³/mol. The summed E-state index contributed by atoms with van der Waals surface area (Å²) in [5.74, 6) is -1.39. The molecule has 0 aliphatic heterocycles. The number of urea groups is 1. The van der Waals surface area contributed by atoms with Crippen LogP contribution in [0, 0.1) is 0 Å². The van der Waals surface area contributed by atoms with Gasteiger partial charge in [0.2, 0.25) is 10.0 Å². The second kappa shape index (κ2) is 12.2. The van der Waals surface area contributed by atoms with E-state index in [9.17, 15) is 31.5 Å². The van der Waals surface area contributed by atoms with Gasteiger partial charge in [0.25, 0.3) is 10.0 Å². The monoisotopic (exact) mass is 565 g/mol. The molecule has 196 valence electrons. The number of carbonyl (C=O) groups is 2. The lowest BCUT2D eigenvalue weighted by atomic mass is 10.1. The van der Waals surface area contributed by atoms with Gasteiger partial charge in [-0.3, -0.25) is 4.79 Å². The number of amides is 2. The second-order valence-electron chi connectivity index (χ2n) is 7.86. The van der Waals surface area contributed by atoms with E-state index in [1.807, 2.05) is 4.72 Å². The van der Waals surface area contributed by atoms with E-state index in [0.717, 1.165) is 11.1 Å². The zero-order valence-electron chi connectivity index (χ0n) is 19.3. The molecule has 37 heavy (non-hydrogen) atoms. The molecule has 0 spiro atoms. The molecular formula is C24H24ClN3O7S2. The smallest absolute Gasteiger partial charge is 0.328 e. The van der Waals surface area contributed by atoms with Crippen molar-refractivity contribution in [2.75, 3.05) is 6.54 Å². The van der Waals surface area contributed by atoms with E-state index in [1.54, 1.807) is 42.5 Å². The van der Waals surface area contributed by atoms with Crippen molar-refractivity contribution >= 4 is 43.6 Å². The SMILES string of the molecule is O=C(NCCCC(NS(=O)(=O)c1ccc(-c2ccc(Cl)cc2)cc1)C(=O)O)NS(=O)(=O)c1ccccc1. The highest BCUT2D eigenvalue weighted by Crippen LogP contribution is 2.23. The molecule has 2 amide bonds. The molecule has 3 aromatic carbocycles. The van der Waals surface area contributed by atoms with Gasteiger partial charge in [-0.15, -0.1) is 0 Å². The van der Waals surface area contributed by atoms with Gasteiger partial charge < -0.3 is 10.4 Å². The van der Waals surface area contributed by atoms with E-state index in [0.29, 0.717) is 5.02 Å². The number of carboxylic acid groups (broad SMARTS) is 1. The van der Waals surface area contributed by atoms with Crippen LogP contribution in [-0.4, -0.2) is 46.5 Å². The quantitative estimate of drug-likeness (QED) is 0.260. The Morgan fingerprint density at radius 1 is 0.784 bits per heavy atom. The summed E-state index contributed by atoms with van der Waals surface area (Å²) >= 11 is 5.88. The first-order chi connectivity index (χ1) is 17.5. The minimum absolute atomic E-state index is 0.0633. The highest BCUT2D eigenvalue weighted by Gasteiger charge is 2.25. The number of halogens is 1. The summed E-state index contributed by atoms with van der Waals surface area (Å²) in [5.41, 5.74) is 1.59. The van der Waals surface area contributed by atoms with Crippen LogP contribution >= 0.6 is 11.6 Å². The highest BCUT2D eigenvalue weighted by molar-refractivity contribution is 7.90. The molecule has 3 aromatic rings. The molecule has 0 saturated heterocycles. The van der Waals surface area contributed by atoms with E-state index in [1.165, 1.54) is 36.4 Å². The highest BCUT2D eigenvalue weighted by atomic mass is 35.5. The Bertz CT molecular complexity index is 1450. The van der Waals surface area contributed by atoms with Gasteiger partial charge in [-0.1, -0.05) is 54.1 Å². The number of aliphatic carboxylic acids is 1. The molecule has 0 aromatic heterocycles. The zero-order valence-corrected chi connectivity index (χ0v) is 21.7. The maximum absolute atomic E-state index is 12.7. The van der Waals surface area contributed by atoms with Gasteiger partial charge in [0, 0.05) is 11.6 Å². The van der Waals surface area contributed by atoms with Gasteiger partial charge >= 0.3 is 12.0 Å². The fourth-order valence-electron chi connectivity index (χ4n) is 3.28. The first-order valence-electron chi connectivity index (χ1n) is 10.9. The van der Waals surface area contributed by atoms with Gasteiger partial charge in [0.05, 0.1) is 9.79 Å². The Hall–Kier alpha value is -3.45. The third-order valence-electron chi connectivity index (χ3n) is 5.17. The van der Waals surface area contributed by atoms with Crippen LogP contribution in [0.5, 0.6) is 0 Å². The van der Waals surface area contributed by atoms with Crippen LogP contribution in [0.25, 0.3) is 11.1 Å². The minimum atomic E-state index is -4.15. The molecule has 0 saturated carbocycles. The number of carboxylic acids is 1. The Balaban J connectivity index is 1.54. The summed E-state index contributed by atoms with van der Waals surface area (Å²) in [6.07, 6.45) is -0.0864. The van der Waals surface area contributed by atoms with Crippen molar-refractivity contribution in [1.82, 2.24) is 14.8 Å². The molecule has 3 rings (SSSR count). The Kier molecular flexibility index (Phi) is 9.27. The van der Waals surface area contributed by atoms with Gasteiger partial charge in [-0.2, -0.15) is 4.72 Å². The average Bonchev–Trinajstić information content (AvgIpc) is 2.86. The van der Waals surface area contributed by atoms with Gasteiger partial charge in [-0.05, 0) is 60.4 Å². The molecule has 1 unspecified atom stereocenters. The van der Waals surface area contributed by atoms with Crippen LogP contribution in [0.4, 0.5) is 4.79 Å². The lowest BCUT2D eigenvalue weighted by Gasteiger charge is -2.15. The second-order valence-corrected chi connectivity index (χ2v) is 11.7. The Morgan fingerprint density at radius 3 is 1.89 bits per heavy atom. The van der Waals surface area contributed by atoms with Crippen molar-refractivity contribution in [1.29, 1.82) is 0 Å². The van der Waals surface area contributed by atoms with Crippen LogP contribution in [0.3, 0.4) is 0 Å². The Morgan fingerprint density at radius 2 is 1.32 bits per heavy atom. The van der Waals surface area contributed by atoms with E-state index in [2.05, 4.69) is 10.0 Å². The normalized spacial score (nSPS) is 12.5. The van der Waals surface area contributed by atoms with Crippen LogP contribution in [0.2, 0.25) is 5.02 Å². The third kappa shape index (κ3) is 8.02. The maximum Gasteiger partial charge on any atom is 0.328 e. The van der Waals surface area contributed by atoms with Gasteiger partial charge in [-0.25, -0.2) is 26.4 Å². The molecule has 0 aliphatic rings. The molecular weight excluding hydrogens is 542 g/mol. The van der Waals surface area contributed by atoms with E-state index < -0.39 is 38.1 Å². The first kappa shape index (κ1) is 28.1. The number of carbonyl (C=O) groups excluding carboxylic acids is 1. The van der Waals surface area contributed by atoms with Crippen molar-refractivity contribution in [3.05, 3.63) is 83.9 Å². The molecule has 13 heteroatoms. The van der Waals surface area contributed by atoms with Crippen LogP contribution in [0.15, 0.2) is 88.7 Å². The van der Waals surface area contributed by atoms with Crippen molar-refractivity contribution < 1.29 is 31.5 Å². The first-order valence-corrected chi connectivity index (χ1v) is 14.3. The van der Waals surface area contributed by atoms with Crippen LogP contribution < -0.4 is 14.8 Å². The molecule has 0 fully saturated rings. The third-order valence-corrected chi connectivity index (χ3v) is 8.26. The summed E-state index contributed by atoms with van der Waals surface area (Å²) in [7, 11) is -8.21. The van der Waals surface area contributed by atoms with E-state index in [-0.39, 0.29) is 29.2 Å². The molecule has 0 radical (unpaired) electrons. The standard InChI is InChI=1S/C24H24ClN3O7S2/c25-19-12-8-17(9-13-19)18-10-14-21(15-11-18)36(32,33)27-22(23(29)30)7-4-16-26-24(31)28-37(34,35)20-5-2-1-3-6-20/h1-3,5-6,8-15,22,27H,4,7,16H2,(H,29,30)(H2,26,28,31). The summed E-state index contributed by atoms with van der Waals surface area (Å²) in [4.78, 5) is 23.4. The van der Waals surface area contributed by atoms with Gasteiger partial charge in [0.15, 0.2) is 0 Å². The van der Waals surface area contributed by atoms with E-state index >= 15 is 0 Å². The summed E-state index contributed by atoms with van der Waals surface area (Å²) in [6, 6.07) is 17.8. The average molecular weight is 566 g/mol. The number of rotatable bonds is 11. The maximum atomic E-state index is 12.7. The van der Waals surface area contributed by atoms with Crippen molar-refractivity contribution in [3.63, 3.8) is 0 Å². The molecule has 0 heterocycles. The van der Waals surface area contributed by atoms with Crippen LogP contribution in [0.1, 0.15) is 12.8 Å². The van der Waals surface area contributed by atoms with Crippen molar-refractivity contribution in [3.8, 4) is 11.1 Å². The lowest BCUT2D eigenvalue weighted by Crippen LogP contribution is -2.42. The summed E-state index contributed by atoms with van der Waals surface area (Å²) < 4.78 is 53.8. The molecule has 4 N–H and O–H groups in total. The topological polar surface area (TPSA) is 159 Å². The zero-order chi connectivity index (χ0) is 27.1. The fraction of sp³-hybridized carbons (Fsp3) is 0.167. The number of hydrogen-bond donors (Lipinski definition) is 4. The molecule has 10 nitrogen and oxygen atoms in total. The molecule has 0 bridgehead atoms. The largest absolute Gasteiger partial charge is 0.480 e. The van der Waals surface area contributed by atoms with Crippen molar-refractivity contribution in [2.45, 2.75) is 28.7 Å². The van der Waals surface area contributed by atoms with Crippen molar-refractivity contribution in [2.24, 2.45) is 0 Å². The summed E-state index contributed by atoms with van der Waals surface area (Å²) in [5, 5.41) is 12.4. The number of sulfonamides is 2. The number of hydrogen-bond acceptors (Lipinski definition) is 6. The number of nitrogens with one attached hydrogen (secondary N) is 3. The number of benzene rings is 3. The molecule has 1 atom stereocenters. The van der Waals surface area contributed by atoms with Gasteiger partial charge in [0.1, 0.15) is 6.04 Å².